The maximum Gasteiger partial charge on any atom is 0.308 e. The van der Waals surface area contributed by atoms with Gasteiger partial charge in [0.15, 0.2) is 0 Å². The largest absolute Gasteiger partial charge is 0.481 e. The van der Waals surface area contributed by atoms with Gasteiger partial charge in [0, 0.05) is 24.5 Å². The summed E-state index contributed by atoms with van der Waals surface area (Å²) in [5, 5.41) is 9.04. The highest BCUT2D eigenvalue weighted by Crippen LogP contribution is 2.28. The number of aliphatic carboxylic acids is 1. The van der Waals surface area contributed by atoms with Gasteiger partial charge in [-0.3, -0.25) is 9.69 Å². The Kier molecular flexibility index (Phi) is 3.66. The Hall–Kier alpha value is -0.390. The normalized spacial score (nSPS) is 26.1. The first-order valence-corrected chi connectivity index (χ1v) is 6.86. The number of carboxylic acid groups (broad SMARTS) is 1. The average molecular weight is 304 g/mol. The summed E-state index contributed by atoms with van der Waals surface area (Å²) in [5.41, 5.74) is 0. The van der Waals surface area contributed by atoms with Gasteiger partial charge < -0.3 is 5.11 Å². The molecule has 88 valence electrons. The standard InChI is InChI=1S/C11H14BrNO2S/c1-7-4-13(6-9(7)11(14)15)5-8-2-3-10(12)16-8/h2-3,7,9H,4-6H2,1H3,(H,14,15). The van der Waals surface area contributed by atoms with E-state index in [1.54, 1.807) is 11.3 Å². The zero-order valence-electron chi connectivity index (χ0n) is 9.02. The van der Waals surface area contributed by atoms with E-state index in [1.807, 2.05) is 13.0 Å². The smallest absolute Gasteiger partial charge is 0.308 e. The van der Waals surface area contributed by atoms with Gasteiger partial charge in [0.2, 0.25) is 0 Å². The lowest BCUT2D eigenvalue weighted by Gasteiger charge is -2.13. The number of halogens is 1. The fourth-order valence-electron chi connectivity index (χ4n) is 2.17. The molecule has 0 spiro atoms. The molecule has 0 amide bonds. The van der Waals surface area contributed by atoms with E-state index in [4.69, 9.17) is 5.11 Å². The molecule has 2 heterocycles. The predicted molar refractivity (Wildman–Crippen MR) is 67.6 cm³/mol. The second-order valence-electron chi connectivity index (χ2n) is 4.32. The fourth-order valence-corrected chi connectivity index (χ4v) is 3.70. The van der Waals surface area contributed by atoms with Gasteiger partial charge in [-0.2, -0.15) is 0 Å². The molecule has 0 aliphatic carbocycles. The van der Waals surface area contributed by atoms with Crippen LogP contribution in [0.1, 0.15) is 11.8 Å². The molecular formula is C11H14BrNO2S. The van der Waals surface area contributed by atoms with Crippen LogP contribution in [0.15, 0.2) is 15.9 Å². The fraction of sp³-hybridized carbons (Fsp3) is 0.545. The molecule has 1 N–H and O–H groups in total. The van der Waals surface area contributed by atoms with Crippen LogP contribution in [0.25, 0.3) is 0 Å². The van der Waals surface area contributed by atoms with E-state index >= 15 is 0 Å². The van der Waals surface area contributed by atoms with Crippen LogP contribution < -0.4 is 0 Å². The minimum absolute atomic E-state index is 0.205. The highest BCUT2D eigenvalue weighted by Gasteiger charge is 2.34. The van der Waals surface area contributed by atoms with Crippen molar-refractivity contribution >= 4 is 33.2 Å². The van der Waals surface area contributed by atoms with Crippen LogP contribution in [0.4, 0.5) is 0 Å². The van der Waals surface area contributed by atoms with Gasteiger partial charge in [-0.1, -0.05) is 6.92 Å². The topological polar surface area (TPSA) is 40.5 Å². The van der Waals surface area contributed by atoms with Gasteiger partial charge in [0.1, 0.15) is 0 Å². The van der Waals surface area contributed by atoms with Gasteiger partial charge >= 0.3 is 5.97 Å². The average Bonchev–Trinajstić information content (AvgIpc) is 2.73. The van der Waals surface area contributed by atoms with Crippen LogP contribution in [0.3, 0.4) is 0 Å². The zero-order valence-corrected chi connectivity index (χ0v) is 11.4. The number of rotatable bonds is 3. The van der Waals surface area contributed by atoms with Crippen LogP contribution in [-0.4, -0.2) is 29.1 Å². The summed E-state index contributed by atoms with van der Waals surface area (Å²) >= 11 is 5.15. The van der Waals surface area contributed by atoms with E-state index < -0.39 is 5.97 Å². The molecule has 0 saturated carbocycles. The van der Waals surface area contributed by atoms with Crippen molar-refractivity contribution in [1.82, 2.24) is 4.90 Å². The molecule has 1 aromatic heterocycles. The number of hydrogen-bond donors (Lipinski definition) is 1. The van der Waals surface area contributed by atoms with Crippen molar-refractivity contribution in [2.24, 2.45) is 11.8 Å². The van der Waals surface area contributed by atoms with Crippen molar-refractivity contribution in [2.45, 2.75) is 13.5 Å². The van der Waals surface area contributed by atoms with E-state index in [9.17, 15) is 4.79 Å². The molecule has 16 heavy (non-hydrogen) atoms. The third kappa shape index (κ3) is 2.64. The molecule has 1 aromatic rings. The van der Waals surface area contributed by atoms with Crippen LogP contribution in [0.5, 0.6) is 0 Å². The van der Waals surface area contributed by atoms with E-state index in [0.29, 0.717) is 6.54 Å². The minimum atomic E-state index is -0.664. The lowest BCUT2D eigenvalue weighted by Crippen LogP contribution is -2.22. The third-order valence-electron chi connectivity index (χ3n) is 3.01. The quantitative estimate of drug-likeness (QED) is 0.933. The number of carboxylic acids is 1. The molecule has 1 aliphatic rings. The molecule has 3 nitrogen and oxygen atoms in total. The first-order chi connectivity index (χ1) is 7.56. The maximum absolute atomic E-state index is 11.0. The maximum atomic E-state index is 11.0. The SMILES string of the molecule is CC1CN(Cc2ccc(Br)s2)CC1C(=O)O. The lowest BCUT2D eigenvalue weighted by atomic mass is 9.99. The number of carbonyl (C=O) groups is 1. The molecule has 5 heteroatoms. The van der Waals surface area contributed by atoms with E-state index in [-0.39, 0.29) is 11.8 Å². The van der Waals surface area contributed by atoms with Gasteiger partial charge in [-0.25, -0.2) is 0 Å². The Morgan fingerprint density at radius 3 is 2.88 bits per heavy atom. The first-order valence-electron chi connectivity index (χ1n) is 5.25. The highest BCUT2D eigenvalue weighted by atomic mass is 79.9. The molecule has 0 radical (unpaired) electrons. The second kappa shape index (κ2) is 4.85. The third-order valence-corrected chi connectivity index (χ3v) is 4.62. The van der Waals surface area contributed by atoms with Gasteiger partial charge in [-0.15, -0.1) is 11.3 Å². The molecular weight excluding hydrogens is 290 g/mol. The zero-order chi connectivity index (χ0) is 11.7. The lowest BCUT2D eigenvalue weighted by molar-refractivity contribution is -0.142. The number of nitrogens with zero attached hydrogens (tertiary/aromatic N) is 1. The summed E-state index contributed by atoms with van der Waals surface area (Å²) in [4.78, 5) is 14.5. The summed E-state index contributed by atoms with van der Waals surface area (Å²) in [6, 6.07) is 4.13. The van der Waals surface area contributed by atoms with Crippen LogP contribution >= 0.6 is 27.3 Å². The molecule has 0 aromatic carbocycles. The van der Waals surface area contributed by atoms with E-state index in [2.05, 4.69) is 26.9 Å². The molecule has 2 atom stereocenters. The van der Waals surface area contributed by atoms with Gasteiger partial charge in [0.25, 0.3) is 0 Å². The Morgan fingerprint density at radius 2 is 2.38 bits per heavy atom. The Balaban J connectivity index is 1.96. The number of hydrogen-bond acceptors (Lipinski definition) is 3. The summed E-state index contributed by atoms with van der Waals surface area (Å²) in [6.07, 6.45) is 0. The minimum Gasteiger partial charge on any atom is -0.481 e. The van der Waals surface area contributed by atoms with Gasteiger partial charge in [-0.05, 0) is 34.0 Å². The highest BCUT2D eigenvalue weighted by molar-refractivity contribution is 9.11. The summed E-state index contributed by atoms with van der Waals surface area (Å²) in [7, 11) is 0. The summed E-state index contributed by atoms with van der Waals surface area (Å²) in [6.45, 7) is 4.44. The van der Waals surface area contributed by atoms with Crippen molar-refractivity contribution < 1.29 is 9.90 Å². The van der Waals surface area contributed by atoms with Crippen molar-refractivity contribution in [1.29, 1.82) is 0 Å². The monoisotopic (exact) mass is 303 g/mol. The second-order valence-corrected chi connectivity index (χ2v) is 6.87. The molecule has 2 unspecified atom stereocenters. The van der Waals surface area contributed by atoms with Gasteiger partial charge in [0.05, 0.1) is 9.70 Å². The first kappa shape index (κ1) is 12.1. The molecule has 2 rings (SSSR count). The Morgan fingerprint density at radius 1 is 1.62 bits per heavy atom. The van der Waals surface area contributed by atoms with Crippen molar-refractivity contribution in [3.05, 3.63) is 20.8 Å². The van der Waals surface area contributed by atoms with Crippen LogP contribution in [-0.2, 0) is 11.3 Å². The van der Waals surface area contributed by atoms with Crippen molar-refractivity contribution in [3.8, 4) is 0 Å². The summed E-state index contributed by atoms with van der Waals surface area (Å²) < 4.78 is 1.13. The Labute approximate surface area is 107 Å². The van der Waals surface area contributed by atoms with E-state index in [0.717, 1.165) is 16.9 Å². The van der Waals surface area contributed by atoms with Crippen molar-refractivity contribution in [2.75, 3.05) is 13.1 Å². The molecule has 1 saturated heterocycles. The number of likely N-dealkylation sites (tertiary alicyclic amines) is 1. The molecule has 1 fully saturated rings. The predicted octanol–water partition coefficient (Wildman–Crippen LogP) is 2.66. The van der Waals surface area contributed by atoms with E-state index in [1.165, 1.54) is 4.88 Å². The molecule has 1 aliphatic heterocycles. The van der Waals surface area contributed by atoms with Crippen LogP contribution in [0.2, 0.25) is 0 Å². The summed E-state index contributed by atoms with van der Waals surface area (Å²) in [5.74, 6) is -0.619. The number of thiophene rings is 1. The van der Waals surface area contributed by atoms with Crippen molar-refractivity contribution in [3.63, 3.8) is 0 Å². The van der Waals surface area contributed by atoms with Crippen LogP contribution in [0, 0.1) is 11.8 Å². The molecule has 0 bridgehead atoms. The Bertz CT molecular complexity index is 393.